The van der Waals surface area contributed by atoms with Crippen molar-refractivity contribution >= 4 is 23.0 Å². The molecule has 0 spiro atoms. The van der Waals surface area contributed by atoms with Gasteiger partial charge in [-0.25, -0.2) is 4.79 Å². The normalized spacial score (nSPS) is 11.1. The Morgan fingerprint density at radius 3 is 2.84 bits per heavy atom. The zero-order valence-corrected chi connectivity index (χ0v) is 10.2. The molecule has 19 heavy (non-hydrogen) atoms. The summed E-state index contributed by atoms with van der Waals surface area (Å²) >= 11 is 0. The minimum Gasteiger partial charge on any atom is -0.467 e. The Bertz CT molecular complexity index is 553. The quantitative estimate of drug-likeness (QED) is 0.218. The lowest BCUT2D eigenvalue weighted by molar-refractivity contribution is -0.383. The van der Waals surface area contributed by atoms with E-state index in [1.807, 2.05) is 0 Å². The Balaban J connectivity index is 3.10. The van der Waals surface area contributed by atoms with Crippen LogP contribution in [0.15, 0.2) is 23.3 Å². The molecule has 100 valence electrons. The fourth-order valence-electron chi connectivity index (χ4n) is 1.38. The SMILES string of the molecule is COC(=O)C(C)Nc1ccc(N=[N+]=[N-])cc1[N+](=O)[O-]. The summed E-state index contributed by atoms with van der Waals surface area (Å²) in [5, 5.41) is 16.9. The van der Waals surface area contributed by atoms with Crippen LogP contribution in [0.4, 0.5) is 17.1 Å². The highest BCUT2D eigenvalue weighted by Crippen LogP contribution is 2.29. The number of nitro benzene ring substituents is 1. The average Bonchev–Trinajstić information content (AvgIpc) is 2.39. The van der Waals surface area contributed by atoms with Crippen LogP contribution in [0.3, 0.4) is 0 Å². The summed E-state index contributed by atoms with van der Waals surface area (Å²) in [7, 11) is 1.22. The monoisotopic (exact) mass is 265 g/mol. The maximum Gasteiger partial charge on any atom is 0.327 e. The maximum absolute atomic E-state index is 11.2. The van der Waals surface area contributed by atoms with Gasteiger partial charge >= 0.3 is 5.97 Å². The van der Waals surface area contributed by atoms with Gasteiger partial charge < -0.3 is 10.1 Å². The van der Waals surface area contributed by atoms with Crippen molar-refractivity contribution in [3.8, 4) is 0 Å². The standard InChI is InChI=1S/C10H11N5O4/c1-6(10(16)19-2)12-8-4-3-7(13-14-11)5-9(8)15(17)18/h3-6,12H,1-2H3. The third kappa shape index (κ3) is 3.58. The van der Waals surface area contributed by atoms with E-state index in [9.17, 15) is 14.9 Å². The Morgan fingerprint density at radius 1 is 1.63 bits per heavy atom. The van der Waals surface area contributed by atoms with E-state index in [1.165, 1.54) is 26.2 Å². The number of nitrogens with zero attached hydrogens (tertiary/aromatic N) is 4. The van der Waals surface area contributed by atoms with Crippen LogP contribution in [0.2, 0.25) is 0 Å². The predicted molar refractivity (Wildman–Crippen MR) is 67.0 cm³/mol. The smallest absolute Gasteiger partial charge is 0.327 e. The zero-order valence-electron chi connectivity index (χ0n) is 10.2. The zero-order chi connectivity index (χ0) is 14.4. The van der Waals surface area contributed by atoms with Gasteiger partial charge in [-0.3, -0.25) is 10.1 Å². The van der Waals surface area contributed by atoms with Crippen LogP contribution in [0.1, 0.15) is 6.92 Å². The number of ether oxygens (including phenoxy) is 1. The van der Waals surface area contributed by atoms with E-state index in [0.717, 1.165) is 6.07 Å². The van der Waals surface area contributed by atoms with Crippen molar-refractivity contribution in [2.45, 2.75) is 13.0 Å². The third-order valence-corrected chi connectivity index (χ3v) is 2.26. The van der Waals surface area contributed by atoms with Gasteiger partial charge in [0.15, 0.2) is 0 Å². The Hall–Kier alpha value is -2.80. The van der Waals surface area contributed by atoms with Gasteiger partial charge in [0.1, 0.15) is 11.7 Å². The van der Waals surface area contributed by atoms with Crippen molar-refractivity contribution < 1.29 is 14.5 Å². The lowest BCUT2D eigenvalue weighted by Gasteiger charge is -2.13. The first-order valence-electron chi connectivity index (χ1n) is 5.17. The summed E-state index contributed by atoms with van der Waals surface area (Å²) in [6, 6.07) is 3.14. The van der Waals surface area contributed by atoms with E-state index in [-0.39, 0.29) is 17.1 Å². The molecule has 9 heteroatoms. The van der Waals surface area contributed by atoms with Gasteiger partial charge in [0.05, 0.1) is 12.0 Å². The van der Waals surface area contributed by atoms with E-state index in [1.54, 1.807) is 0 Å². The number of benzene rings is 1. The number of hydrogen-bond acceptors (Lipinski definition) is 6. The van der Waals surface area contributed by atoms with Gasteiger partial charge in [0.2, 0.25) is 0 Å². The molecule has 0 radical (unpaired) electrons. The van der Waals surface area contributed by atoms with Crippen LogP contribution < -0.4 is 5.32 Å². The van der Waals surface area contributed by atoms with Gasteiger partial charge in [-0.15, -0.1) is 0 Å². The molecule has 0 fully saturated rings. The summed E-state index contributed by atoms with van der Waals surface area (Å²) in [6.07, 6.45) is 0. The molecule has 1 N–H and O–H groups in total. The molecule has 0 heterocycles. The Morgan fingerprint density at radius 2 is 2.32 bits per heavy atom. The lowest BCUT2D eigenvalue weighted by Crippen LogP contribution is -2.27. The van der Waals surface area contributed by atoms with Crippen LogP contribution in [-0.4, -0.2) is 24.0 Å². The van der Waals surface area contributed by atoms with E-state index >= 15 is 0 Å². The van der Waals surface area contributed by atoms with Crippen LogP contribution in [-0.2, 0) is 9.53 Å². The number of azide groups is 1. The number of rotatable bonds is 5. The molecular formula is C10H11N5O4. The van der Waals surface area contributed by atoms with E-state index in [0.29, 0.717) is 0 Å². The largest absolute Gasteiger partial charge is 0.467 e. The fraction of sp³-hybridized carbons (Fsp3) is 0.300. The molecule has 1 aromatic rings. The molecular weight excluding hydrogens is 254 g/mol. The fourth-order valence-corrected chi connectivity index (χ4v) is 1.38. The third-order valence-electron chi connectivity index (χ3n) is 2.26. The molecule has 1 rings (SSSR count). The number of carbonyl (C=O) groups excluding carboxylic acids is 1. The minimum atomic E-state index is -0.742. The number of anilines is 1. The second kappa shape index (κ2) is 6.22. The van der Waals surface area contributed by atoms with Crippen LogP contribution in [0, 0.1) is 10.1 Å². The molecule has 0 aromatic heterocycles. The van der Waals surface area contributed by atoms with Crippen molar-refractivity contribution in [1.82, 2.24) is 0 Å². The number of nitro groups is 1. The molecule has 9 nitrogen and oxygen atoms in total. The molecule has 0 bridgehead atoms. The molecule has 0 aliphatic carbocycles. The predicted octanol–water partition coefficient (Wildman–Crippen LogP) is 2.51. The van der Waals surface area contributed by atoms with Gasteiger partial charge in [-0.05, 0) is 18.5 Å². The highest BCUT2D eigenvalue weighted by atomic mass is 16.6. The van der Waals surface area contributed by atoms with Crippen LogP contribution in [0.5, 0.6) is 0 Å². The van der Waals surface area contributed by atoms with Gasteiger partial charge in [-0.2, -0.15) is 0 Å². The molecule has 1 unspecified atom stereocenters. The second-order valence-electron chi connectivity index (χ2n) is 3.54. The summed E-state index contributed by atoms with van der Waals surface area (Å²) in [5.74, 6) is -0.548. The number of hydrogen-bond donors (Lipinski definition) is 1. The highest BCUT2D eigenvalue weighted by Gasteiger charge is 2.19. The molecule has 0 saturated carbocycles. The van der Waals surface area contributed by atoms with Crippen LogP contribution >= 0.6 is 0 Å². The Labute approximate surface area is 108 Å². The first kappa shape index (κ1) is 14.3. The summed E-state index contributed by atoms with van der Waals surface area (Å²) in [4.78, 5) is 24.1. The number of carbonyl (C=O) groups is 1. The van der Waals surface area contributed by atoms with Crippen molar-refractivity contribution in [2.24, 2.45) is 5.11 Å². The summed E-state index contributed by atoms with van der Waals surface area (Å²) in [6.45, 7) is 1.51. The highest BCUT2D eigenvalue weighted by molar-refractivity contribution is 5.80. The topological polar surface area (TPSA) is 130 Å². The molecule has 1 atom stereocenters. The molecule has 0 aliphatic rings. The lowest BCUT2D eigenvalue weighted by atomic mass is 10.2. The van der Waals surface area contributed by atoms with Gasteiger partial charge in [0, 0.05) is 16.7 Å². The molecule has 0 amide bonds. The van der Waals surface area contributed by atoms with Gasteiger partial charge in [-0.1, -0.05) is 11.2 Å². The minimum absolute atomic E-state index is 0.116. The number of esters is 1. The van der Waals surface area contributed by atoms with Crippen molar-refractivity contribution in [3.63, 3.8) is 0 Å². The summed E-state index contributed by atoms with van der Waals surface area (Å²) < 4.78 is 4.51. The van der Waals surface area contributed by atoms with E-state index < -0.39 is 16.9 Å². The van der Waals surface area contributed by atoms with Crippen molar-refractivity contribution in [1.29, 1.82) is 0 Å². The molecule has 1 aromatic carbocycles. The first-order chi connectivity index (χ1) is 8.99. The number of methoxy groups -OCH3 is 1. The van der Waals surface area contributed by atoms with Crippen molar-refractivity contribution in [3.05, 3.63) is 38.8 Å². The van der Waals surface area contributed by atoms with Crippen molar-refractivity contribution in [2.75, 3.05) is 12.4 Å². The van der Waals surface area contributed by atoms with Crippen LogP contribution in [0.25, 0.3) is 10.4 Å². The average molecular weight is 265 g/mol. The van der Waals surface area contributed by atoms with E-state index in [4.69, 9.17) is 5.53 Å². The maximum atomic E-state index is 11.2. The number of nitrogens with one attached hydrogen (secondary N) is 1. The molecule has 0 saturated heterocycles. The first-order valence-corrected chi connectivity index (χ1v) is 5.17. The second-order valence-corrected chi connectivity index (χ2v) is 3.54. The molecule has 0 aliphatic heterocycles. The summed E-state index contributed by atoms with van der Waals surface area (Å²) in [5.41, 5.74) is 8.24. The Kier molecular flexibility index (Phi) is 4.67. The van der Waals surface area contributed by atoms with E-state index in [2.05, 4.69) is 20.1 Å². The van der Waals surface area contributed by atoms with Gasteiger partial charge in [0.25, 0.3) is 5.69 Å².